The van der Waals surface area contributed by atoms with Crippen LogP contribution in [-0.4, -0.2) is 5.11 Å². The fourth-order valence-electron chi connectivity index (χ4n) is 2.69. The molecule has 0 saturated carbocycles. The smallest absolute Gasteiger partial charge is 0.139 e. The summed E-state index contributed by atoms with van der Waals surface area (Å²) < 4.78 is 14.5. The summed E-state index contributed by atoms with van der Waals surface area (Å²) in [5, 5.41) is 11.6. The Morgan fingerprint density at radius 1 is 1.22 bits per heavy atom. The Morgan fingerprint density at radius 2 is 1.96 bits per heavy atom. The van der Waals surface area contributed by atoms with Crippen molar-refractivity contribution in [3.05, 3.63) is 108 Å². The van der Waals surface area contributed by atoms with Crippen LogP contribution in [0.15, 0.2) is 102 Å². The van der Waals surface area contributed by atoms with E-state index in [1.807, 2.05) is 48.6 Å². The predicted octanol–water partition coefficient (Wildman–Crippen LogP) is 5.30. The van der Waals surface area contributed by atoms with Gasteiger partial charge in [0, 0.05) is 5.57 Å². The minimum absolute atomic E-state index is 0.191. The van der Waals surface area contributed by atoms with Gasteiger partial charge < -0.3 is 5.11 Å². The van der Waals surface area contributed by atoms with Gasteiger partial charge in [-0.15, -0.1) is 0 Å². The maximum atomic E-state index is 14.5. The molecule has 0 radical (unpaired) electrons. The fraction of sp³-hybridized carbons (Fsp3) is 0.143. The summed E-state index contributed by atoms with van der Waals surface area (Å²) in [6.45, 7) is 5.30. The summed E-state index contributed by atoms with van der Waals surface area (Å²) in [7, 11) is 0. The van der Waals surface area contributed by atoms with Gasteiger partial charge in [-0.2, -0.15) is 0 Å². The van der Waals surface area contributed by atoms with E-state index in [-0.39, 0.29) is 5.57 Å². The molecule has 1 aromatic carbocycles. The van der Waals surface area contributed by atoms with E-state index in [4.69, 9.17) is 0 Å². The molecule has 118 valence electrons. The van der Waals surface area contributed by atoms with Gasteiger partial charge in [0.1, 0.15) is 11.4 Å². The number of aliphatic hydroxyl groups is 1. The van der Waals surface area contributed by atoms with Crippen molar-refractivity contribution in [1.82, 2.24) is 0 Å². The van der Waals surface area contributed by atoms with Crippen molar-refractivity contribution in [3.63, 3.8) is 0 Å². The minimum atomic E-state index is -1.55. The van der Waals surface area contributed by atoms with Gasteiger partial charge in [0.2, 0.25) is 0 Å². The van der Waals surface area contributed by atoms with Crippen LogP contribution in [0, 0.1) is 0 Å². The van der Waals surface area contributed by atoms with E-state index < -0.39 is 11.4 Å². The molecule has 1 aliphatic rings. The number of rotatable bonds is 5. The van der Waals surface area contributed by atoms with E-state index in [9.17, 15) is 9.50 Å². The minimum Gasteiger partial charge on any atom is -0.376 e. The van der Waals surface area contributed by atoms with Gasteiger partial charge >= 0.3 is 0 Å². The van der Waals surface area contributed by atoms with Gasteiger partial charge in [0.05, 0.1) is 0 Å². The summed E-state index contributed by atoms with van der Waals surface area (Å²) in [6, 6.07) is 9.15. The largest absolute Gasteiger partial charge is 0.376 e. The van der Waals surface area contributed by atoms with E-state index in [1.54, 1.807) is 31.2 Å². The van der Waals surface area contributed by atoms with E-state index >= 15 is 0 Å². The second-order valence-corrected chi connectivity index (χ2v) is 5.25. The molecule has 1 aromatic rings. The first-order chi connectivity index (χ1) is 11.1. The quantitative estimate of drug-likeness (QED) is 0.732. The third-order valence-electron chi connectivity index (χ3n) is 3.81. The number of halogens is 1. The molecule has 0 aliphatic heterocycles. The van der Waals surface area contributed by atoms with Crippen LogP contribution in [0.2, 0.25) is 0 Å². The molecular weight excluding hydrogens is 287 g/mol. The predicted molar refractivity (Wildman–Crippen MR) is 94.5 cm³/mol. The molecule has 1 nitrogen and oxygen atoms in total. The average molecular weight is 308 g/mol. The van der Waals surface area contributed by atoms with E-state index in [0.29, 0.717) is 17.6 Å². The van der Waals surface area contributed by atoms with Gasteiger partial charge in [-0.05, 0) is 30.6 Å². The molecule has 0 aromatic heterocycles. The van der Waals surface area contributed by atoms with Crippen LogP contribution in [0.3, 0.4) is 0 Å². The van der Waals surface area contributed by atoms with Crippen molar-refractivity contribution in [2.24, 2.45) is 0 Å². The zero-order valence-corrected chi connectivity index (χ0v) is 13.2. The number of allylic oxidation sites excluding steroid dienone is 8. The molecule has 0 saturated heterocycles. The normalized spacial score (nSPS) is 18.1. The molecule has 2 rings (SSSR count). The monoisotopic (exact) mass is 308 g/mol. The molecule has 2 heteroatoms. The first kappa shape index (κ1) is 16.9. The molecule has 23 heavy (non-hydrogen) atoms. The van der Waals surface area contributed by atoms with Crippen molar-refractivity contribution >= 4 is 0 Å². The molecule has 0 heterocycles. The Morgan fingerprint density at radius 3 is 2.61 bits per heavy atom. The van der Waals surface area contributed by atoms with Crippen LogP contribution in [0.5, 0.6) is 0 Å². The lowest BCUT2D eigenvalue weighted by Gasteiger charge is -2.33. The summed E-state index contributed by atoms with van der Waals surface area (Å²) in [4.78, 5) is 0. The zero-order chi connectivity index (χ0) is 16.7. The highest BCUT2D eigenvalue weighted by Crippen LogP contribution is 2.41. The molecule has 1 atom stereocenters. The maximum Gasteiger partial charge on any atom is 0.139 e. The van der Waals surface area contributed by atoms with Crippen molar-refractivity contribution in [3.8, 4) is 0 Å². The van der Waals surface area contributed by atoms with Crippen LogP contribution in [0.4, 0.5) is 4.39 Å². The van der Waals surface area contributed by atoms with Crippen molar-refractivity contribution < 1.29 is 9.50 Å². The third kappa shape index (κ3) is 3.49. The Hall–Kier alpha value is -2.45. The molecule has 0 spiro atoms. The third-order valence-corrected chi connectivity index (χ3v) is 3.81. The molecule has 1 unspecified atom stereocenters. The lowest BCUT2D eigenvalue weighted by atomic mass is 9.77. The van der Waals surface area contributed by atoms with Gasteiger partial charge in [0.25, 0.3) is 0 Å². The number of benzene rings is 1. The van der Waals surface area contributed by atoms with Crippen LogP contribution in [0.25, 0.3) is 0 Å². The maximum absolute atomic E-state index is 14.5. The first-order valence-corrected chi connectivity index (χ1v) is 7.60. The molecule has 0 bridgehead atoms. The van der Waals surface area contributed by atoms with Gasteiger partial charge in [-0.3, -0.25) is 0 Å². The summed E-state index contributed by atoms with van der Waals surface area (Å²) in [5.41, 5.74) is -0.0274. The summed E-state index contributed by atoms with van der Waals surface area (Å²) in [5.74, 6) is -0.535. The molecule has 0 fully saturated rings. The second kappa shape index (κ2) is 7.70. The van der Waals surface area contributed by atoms with Crippen LogP contribution < -0.4 is 0 Å². The molecule has 1 aliphatic carbocycles. The fourth-order valence-corrected chi connectivity index (χ4v) is 2.69. The Labute approximate surface area is 137 Å². The summed E-state index contributed by atoms with van der Waals surface area (Å²) in [6.07, 6.45) is 14.4. The average Bonchev–Trinajstić information content (AvgIpc) is 2.89. The second-order valence-electron chi connectivity index (χ2n) is 5.25. The van der Waals surface area contributed by atoms with E-state index in [0.717, 1.165) is 6.08 Å². The standard InChI is InChI=1S/C21H21FO/c1-3-12-19(20(22)4-2)21(23,18-15-10-7-11-16-18)17-13-8-5-6-9-14-17/h3-13,15-16,23H,2,14H2,1H3/b12-3-,20-19-. The SMILES string of the molecule is C=C/C(F)=C(\C=C/C)C(O)(C1=CC=CC=CC1)c1ccccc1. The van der Waals surface area contributed by atoms with Gasteiger partial charge in [0.15, 0.2) is 0 Å². The summed E-state index contributed by atoms with van der Waals surface area (Å²) >= 11 is 0. The van der Waals surface area contributed by atoms with Gasteiger partial charge in [-0.1, -0.05) is 79.4 Å². The van der Waals surface area contributed by atoms with Crippen LogP contribution in [0.1, 0.15) is 18.9 Å². The van der Waals surface area contributed by atoms with Crippen LogP contribution in [-0.2, 0) is 5.60 Å². The topological polar surface area (TPSA) is 20.2 Å². The highest BCUT2D eigenvalue weighted by Gasteiger charge is 2.37. The Balaban J connectivity index is 2.74. The number of hydrogen-bond acceptors (Lipinski definition) is 1. The van der Waals surface area contributed by atoms with Crippen molar-refractivity contribution in [2.45, 2.75) is 18.9 Å². The highest BCUT2D eigenvalue weighted by molar-refractivity contribution is 5.51. The molecule has 0 amide bonds. The highest BCUT2D eigenvalue weighted by atomic mass is 19.1. The van der Waals surface area contributed by atoms with E-state index in [1.165, 1.54) is 0 Å². The number of hydrogen-bond donors (Lipinski definition) is 1. The van der Waals surface area contributed by atoms with Crippen molar-refractivity contribution in [2.75, 3.05) is 0 Å². The zero-order valence-electron chi connectivity index (χ0n) is 13.2. The lowest BCUT2D eigenvalue weighted by molar-refractivity contribution is 0.115. The van der Waals surface area contributed by atoms with Crippen LogP contribution >= 0.6 is 0 Å². The Bertz CT molecular complexity index is 705. The first-order valence-electron chi connectivity index (χ1n) is 7.60. The molecule has 1 N–H and O–H groups in total. The molecular formula is C21H21FO. The lowest BCUT2D eigenvalue weighted by Crippen LogP contribution is -2.31. The van der Waals surface area contributed by atoms with Crippen molar-refractivity contribution in [1.29, 1.82) is 0 Å². The van der Waals surface area contributed by atoms with Gasteiger partial charge in [-0.25, -0.2) is 4.39 Å². The van der Waals surface area contributed by atoms with E-state index in [2.05, 4.69) is 6.58 Å². The Kier molecular flexibility index (Phi) is 5.67.